The minimum absolute atomic E-state index is 0.218. The zero-order valence-electron chi connectivity index (χ0n) is 13.3. The molecule has 1 heterocycles. The van der Waals surface area contributed by atoms with Crippen LogP contribution in [0.15, 0.2) is 17.1 Å². The Labute approximate surface area is 127 Å². The maximum atomic E-state index is 4.53. The topological polar surface area (TPSA) is 24.4 Å². The van der Waals surface area contributed by atoms with Crippen LogP contribution in [0.25, 0.3) is 0 Å². The molecule has 0 amide bonds. The number of amidine groups is 1. The van der Waals surface area contributed by atoms with Gasteiger partial charge in [-0.25, -0.2) is 0 Å². The summed E-state index contributed by atoms with van der Waals surface area (Å²) in [6.45, 7) is 13.3. The van der Waals surface area contributed by atoms with Crippen LogP contribution in [0, 0.1) is 13.8 Å². The van der Waals surface area contributed by atoms with Crippen molar-refractivity contribution in [2.45, 2.75) is 52.2 Å². The molecule has 0 spiro atoms. The number of hydrogen-bond donors (Lipinski definition) is 1. The lowest BCUT2D eigenvalue weighted by Crippen LogP contribution is -2.26. The molecule has 0 atom stereocenters. The van der Waals surface area contributed by atoms with Gasteiger partial charge < -0.3 is 5.32 Å². The predicted molar refractivity (Wildman–Crippen MR) is 90.8 cm³/mol. The number of benzene rings is 1. The molecule has 0 saturated carbocycles. The minimum Gasteiger partial charge on any atom is -0.365 e. The van der Waals surface area contributed by atoms with Crippen LogP contribution in [0.1, 0.15) is 49.4 Å². The Morgan fingerprint density at radius 3 is 2.35 bits per heavy atom. The lowest BCUT2D eigenvalue weighted by Gasteiger charge is -2.22. The first-order valence-electron chi connectivity index (χ1n) is 7.39. The molecule has 0 aliphatic carbocycles. The third kappa shape index (κ3) is 3.78. The van der Waals surface area contributed by atoms with Crippen LogP contribution < -0.4 is 5.32 Å². The molecular formula is C17H26N2S. The molecule has 0 aromatic heterocycles. The minimum atomic E-state index is 0.218. The Morgan fingerprint density at radius 1 is 1.20 bits per heavy atom. The molecule has 2 nitrogen and oxygen atoms in total. The standard InChI is InChI=1S/C17H26N2S/c1-12-9-14(17(3,4)5)10-13(2)15(12)11-20-16-18-7-6-8-19-16/h9-10H,6-8,11H2,1-5H3,(H,18,19). The number of thioether (sulfide) groups is 1. The van der Waals surface area contributed by atoms with Gasteiger partial charge in [-0.2, -0.15) is 0 Å². The zero-order chi connectivity index (χ0) is 14.8. The van der Waals surface area contributed by atoms with Gasteiger partial charge in [0.1, 0.15) is 0 Å². The average molecular weight is 290 g/mol. The number of aryl methyl sites for hydroxylation is 2. The normalized spacial score (nSPS) is 15.8. The van der Waals surface area contributed by atoms with Crippen LogP contribution in [0.5, 0.6) is 0 Å². The van der Waals surface area contributed by atoms with E-state index < -0.39 is 0 Å². The van der Waals surface area contributed by atoms with Gasteiger partial charge in [0.2, 0.25) is 0 Å². The Bertz CT molecular complexity index is 489. The molecule has 1 aliphatic rings. The molecule has 20 heavy (non-hydrogen) atoms. The van der Waals surface area contributed by atoms with E-state index in [1.54, 1.807) is 0 Å². The van der Waals surface area contributed by atoms with Crippen molar-refractivity contribution in [3.05, 3.63) is 34.4 Å². The maximum Gasteiger partial charge on any atom is 0.156 e. The second-order valence-corrected chi connectivity index (χ2v) is 7.56. The van der Waals surface area contributed by atoms with E-state index in [1.165, 1.54) is 22.3 Å². The summed E-state index contributed by atoms with van der Waals surface area (Å²) in [7, 11) is 0. The van der Waals surface area contributed by atoms with Gasteiger partial charge in [0, 0.05) is 18.8 Å². The monoisotopic (exact) mass is 290 g/mol. The maximum absolute atomic E-state index is 4.53. The summed E-state index contributed by atoms with van der Waals surface area (Å²) in [5, 5.41) is 4.48. The summed E-state index contributed by atoms with van der Waals surface area (Å²) >= 11 is 1.83. The average Bonchev–Trinajstić information content (AvgIpc) is 2.37. The largest absolute Gasteiger partial charge is 0.365 e. The number of hydrogen-bond acceptors (Lipinski definition) is 3. The third-order valence-corrected chi connectivity index (χ3v) is 4.76. The summed E-state index contributed by atoms with van der Waals surface area (Å²) < 4.78 is 0. The molecule has 0 bridgehead atoms. The van der Waals surface area contributed by atoms with E-state index in [-0.39, 0.29) is 5.41 Å². The van der Waals surface area contributed by atoms with Crippen LogP contribution >= 0.6 is 11.8 Å². The van der Waals surface area contributed by atoms with E-state index in [9.17, 15) is 0 Å². The van der Waals surface area contributed by atoms with Gasteiger partial charge in [0.05, 0.1) is 0 Å². The number of nitrogens with zero attached hydrogens (tertiary/aromatic N) is 1. The summed E-state index contributed by atoms with van der Waals surface area (Å²) in [6, 6.07) is 4.69. The molecule has 110 valence electrons. The lowest BCUT2D eigenvalue weighted by molar-refractivity contribution is 0.589. The van der Waals surface area contributed by atoms with Crippen molar-refractivity contribution in [2.75, 3.05) is 13.1 Å². The fourth-order valence-corrected chi connectivity index (χ4v) is 3.53. The van der Waals surface area contributed by atoms with Crippen molar-refractivity contribution < 1.29 is 0 Å². The number of rotatable bonds is 2. The Balaban J connectivity index is 2.14. The molecule has 0 radical (unpaired) electrons. The van der Waals surface area contributed by atoms with Gasteiger partial charge in [-0.05, 0) is 47.9 Å². The van der Waals surface area contributed by atoms with E-state index in [0.29, 0.717) is 0 Å². The van der Waals surface area contributed by atoms with Gasteiger partial charge in [-0.1, -0.05) is 44.7 Å². The van der Waals surface area contributed by atoms with E-state index in [2.05, 4.69) is 57.1 Å². The van der Waals surface area contributed by atoms with E-state index in [0.717, 1.165) is 30.4 Å². The SMILES string of the molecule is Cc1cc(C(C)(C)C)cc(C)c1CSC1=NCCCN1. The Kier molecular flexibility index (Phi) is 4.79. The van der Waals surface area contributed by atoms with Gasteiger partial charge in [-0.15, -0.1) is 0 Å². The molecule has 2 rings (SSSR count). The van der Waals surface area contributed by atoms with Gasteiger partial charge in [0.25, 0.3) is 0 Å². The highest BCUT2D eigenvalue weighted by atomic mass is 32.2. The summed E-state index contributed by atoms with van der Waals surface area (Å²) in [5.41, 5.74) is 5.90. The van der Waals surface area contributed by atoms with Crippen molar-refractivity contribution >= 4 is 16.9 Å². The van der Waals surface area contributed by atoms with E-state index in [4.69, 9.17) is 0 Å². The second-order valence-electron chi connectivity index (χ2n) is 6.59. The first-order chi connectivity index (χ1) is 9.38. The molecule has 0 saturated heterocycles. The van der Waals surface area contributed by atoms with E-state index >= 15 is 0 Å². The zero-order valence-corrected chi connectivity index (χ0v) is 14.2. The quantitative estimate of drug-likeness (QED) is 0.883. The van der Waals surface area contributed by atoms with Gasteiger partial charge in [0.15, 0.2) is 5.17 Å². The molecule has 1 aromatic carbocycles. The predicted octanol–water partition coefficient (Wildman–Crippen LogP) is 4.18. The molecule has 1 N–H and O–H groups in total. The highest BCUT2D eigenvalue weighted by Crippen LogP contribution is 2.29. The smallest absolute Gasteiger partial charge is 0.156 e. The van der Waals surface area contributed by atoms with Crippen molar-refractivity contribution in [2.24, 2.45) is 4.99 Å². The van der Waals surface area contributed by atoms with Crippen molar-refractivity contribution in [3.63, 3.8) is 0 Å². The van der Waals surface area contributed by atoms with Crippen molar-refractivity contribution in [1.82, 2.24) is 5.32 Å². The highest BCUT2D eigenvalue weighted by molar-refractivity contribution is 8.13. The molecule has 3 heteroatoms. The van der Waals surface area contributed by atoms with Crippen LogP contribution in [0.4, 0.5) is 0 Å². The first kappa shape index (κ1) is 15.4. The highest BCUT2D eigenvalue weighted by Gasteiger charge is 2.16. The molecule has 1 aromatic rings. The van der Waals surface area contributed by atoms with Crippen molar-refractivity contribution in [1.29, 1.82) is 0 Å². The molecular weight excluding hydrogens is 264 g/mol. The molecule has 0 fully saturated rings. The number of aliphatic imine (C=N–C) groups is 1. The van der Waals surface area contributed by atoms with Crippen molar-refractivity contribution in [3.8, 4) is 0 Å². The fraction of sp³-hybridized carbons (Fsp3) is 0.588. The summed E-state index contributed by atoms with van der Waals surface area (Å²) in [6.07, 6.45) is 1.16. The van der Waals surface area contributed by atoms with E-state index in [1.807, 2.05) is 11.8 Å². The van der Waals surface area contributed by atoms with Crippen LogP contribution in [-0.4, -0.2) is 18.3 Å². The van der Waals surface area contributed by atoms with Gasteiger partial charge in [-0.3, -0.25) is 4.99 Å². The third-order valence-electron chi connectivity index (χ3n) is 3.78. The van der Waals surface area contributed by atoms with Crippen LogP contribution in [0.2, 0.25) is 0 Å². The van der Waals surface area contributed by atoms with Crippen LogP contribution in [-0.2, 0) is 11.2 Å². The Morgan fingerprint density at radius 2 is 1.85 bits per heavy atom. The second kappa shape index (κ2) is 6.21. The first-order valence-corrected chi connectivity index (χ1v) is 8.38. The summed E-state index contributed by atoms with van der Waals surface area (Å²) in [4.78, 5) is 4.53. The fourth-order valence-electron chi connectivity index (χ4n) is 2.40. The molecule has 1 aliphatic heterocycles. The molecule has 0 unspecified atom stereocenters. The van der Waals surface area contributed by atoms with Gasteiger partial charge >= 0.3 is 0 Å². The number of nitrogens with one attached hydrogen (secondary N) is 1. The lowest BCUT2D eigenvalue weighted by atomic mass is 9.84. The summed E-state index contributed by atoms with van der Waals surface area (Å²) in [5.74, 6) is 1.01. The Hall–Kier alpha value is -0.960. The van der Waals surface area contributed by atoms with Crippen LogP contribution in [0.3, 0.4) is 0 Å².